The summed E-state index contributed by atoms with van der Waals surface area (Å²) >= 11 is 1.73. The van der Waals surface area contributed by atoms with Gasteiger partial charge in [0.25, 0.3) is 0 Å². The van der Waals surface area contributed by atoms with Gasteiger partial charge in [-0.05, 0) is 36.4 Å². The van der Waals surface area contributed by atoms with Gasteiger partial charge >= 0.3 is 5.63 Å². The molecule has 0 saturated heterocycles. The highest BCUT2D eigenvalue weighted by Crippen LogP contribution is 2.26. The third-order valence-electron chi connectivity index (χ3n) is 4.57. The Morgan fingerprint density at radius 2 is 1.81 bits per heavy atom. The predicted octanol–water partition coefficient (Wildman–Crippen LogP) is 3.00. The van der Waals surface area contributed by atoms with Crippen molar-refractivity contribution >= 4 is 22.7 Å². The number of aromatic hydroxyl groups is 1. The molecule has 1 unspecified atom stereocenters. The summed E-state index contributed by atoms with van der Waals surface area (Å²) in [6, 6.07) is 13.6. The number of aryl methyl sites for hydroxylation is 1. The number of phenolic OH excluding ortho intramolecular Hbond substituents is 1. The maximum absolute atomic E-state index is 11.9. The van der Waals surface area contributed by atoms with E-state index in [2.05, 4.69) is 37.6 Å². The summed E-state index contributed by atoms with van der Waals surface area (Å²) in [4.78, 5) is 14.5. The van der Waals surface area contributed by atoms with Crippen molar-refractivity contribution in [3.05, 3.63) is 69.6 Å². The minimum atomic E-state index is -0.381. The fraction of sp³-hybridized carbons (Fsp3) is 0.286. The number of phenols is 1. The molecule has 0 saturated carbocycles. The lowest BCUT2D eigenvalue weighted by Gasteiger charge is -2.16. The van der Waals surface area contributed by atoms with Crippen molar-refractivity contribution in [2.24, 2.45) is 0 Å². The molecule has 4 nitrogen and oxygen atoms in total. The molecule has 0 spiro atoms. The number of quaternary nitrogens is 1. The Balaban J connectivity index is 1.87. The van der Waals surface area contributed by atoms with Crippen molar-refractivity contribution in [2.45, 2.75) is 31.3 Å². The van der Waals surface area contributed by atoms with E-state index in [9.17, 15) is 9.90 Å². The van der Waals surface area contributed by atoms with Crippen LogP contribution in [0.1, 0.15) is 23.6 Å². The molecule has 3 aromatic rings. The Bertz CT molecular complexity index is 963. The van der Waals surface area contributed by atoms with Gasteiger partial charge in [-0.15, -0.1) is 11.8 Å². The van der Waals surface area contributed by atoms with Crippen LogP contribution in [0.2, 0.25) is 0 Å². The Hall–Kier alpha value is -2.24. The molecule has 0 aliphatic heterocycles. The molecule has 1 atom stereocenters. The van der Waals surface area contributed by atoms with Gasteiger partial charge in [0.05, 0.1) is 7.05 Å². The molecule has 2 aromatic carbocycles. The minimum Gasteiger partial charge on any atom is -0.508 e. The van der Waals surface area contributed by atoms with Crippen molar-refractivity contribution in [1.82, 2.24) is 0 Å². The summed E-state index contributed by atoms with van der Waals surface area (Å²) in [5.41, 5.74) is 3.13. The molecular formula is C21H24NO3S+. The maximum Gasteiger partial charge on any atom is 0.336 e. The van der Waals surface area contributed by atoms with Crippen LogP contribution in [0.4, 0.5) is 0 Å². The lowest BCUT2D eigenvalue weighted by atomic mass is 10.0. The predicted molar refractivity (Wildman–Crippen MR) is 106 cm³/mol. The molecule has 26 heavy (non-hydrogen) atoms. The number of hydrogen-bond donors (Lipinski definition) is 2. The second kappa shape index (κ2) is 7.98. The summed E-state index contributed by atoms with van der Waals surface area (Å²) in [5.74, 6) is 0.176. The maximum atomic E-state index is 11.9. The first-order valence-corrected chi connectivity index (χ1v) is 9.95. The van der Waals surface area contributed by atoms with E-state index in [0.717, 1.165) is 29.5 Å². The van der Waals surface area contributed by atoms with Gasteiger partial charge in [-0.25, -0.2) is 4.79 Å². The number of nitrogens with one attached hydrogen (secondary N) is 1. The zero-order valence-corrected chi connectivity index (χ0v) is 16.2. The topological polar surface area (TPSA) is 54.9 Å². The quantitative estimate of drug-likeness (QED) is 0.517. The Kier molecular flexibility index (Phi) is 5.69. The van der Waals surface area contributed by atoms with Gasteiger partial charge in [-0.3, -0.25) is 0 Å². The van der Waals surface area contributed by atoms with Crippen LogP contribution in [-0.2, 0) is 19.5 Å². The van der Waals surface area contributed by atoms with Crippen LogP contribution < -0.4 is 10.5 Å². The van der Waals surface area contributed by atoms with Gasteiger partial charge in [0.2, 0.25) is 0 Å². The number of benzene rings is 2. The van der Waals surface area contributed by atoms with Gasteiger partial charge < -0.3 is 14.4 Å². The van der Waals surface area contributed by atoms with Gasteiger partial charge in [0, 0.05) is 33.5 Å². The highest BCUT2D eigenvalue weighted by atomic mass is 32.2. The van der Waals surface area contributed by atoms with Gasteiger partial charge in [0.1, 0.15) is 24.4 Å². The van der Waals surface area contributed by atoms with Gasteiger partial charge in [-0.2, -0.15) is 0 Å². The van der Waals surface area contributed by atoms with Crippen LogP contribution >= 0.6 is 11.8 Å². The normalized spacial score (nSPS) is 12.4. The van der Waals surface area contributed by atoms with Crippen LogP contribution in [0.15, 0.2) is 56.6 Å². The monoisotopic (exact) mass is 370 g/mol. The van der Waals surface area contributed by atoms with E-state index in [0.29, 0.717) is 12.1 Å². The number of fused-ring (bicyclic) bond motifs is 1. The first-order chi connectivity index (χ1) is 12.5. The van der Waals surface area contributed by atoms with E-state index in [1.54, 1.807) is 23.9 Å². The van der Waals surface area contributed by atoms with Crippen molar-refractivity contribution in [2.75, 3.05) is 13.3 Å². The lowest BCUT2D eigenvalue weighted by molar-refractivity contribution is -0.907. The number of hydrogen-bond acceptors (Lipinski definition) is 4. The first-order valence-electron chi connectivity index (χ1n) is 8.73. The van der Waals surface area contributed by atoms with Crippen LogP contribution in [-0.4, -0.2) is 18.4 Å². The molecular weight excluding hydrogens is 346 g/mol. The smallest absolute Gasteiger partial charge is 0.336 e. The van der Waals surface area contributed by atoms with Gasteiger partial charge in [-0.1, -0.05) is 19.1 Å². The Morgan fingerprint density at radius 1 is 1.08 bits per heavy atom. The summed E-state index contributed by atoms with van der Waals surface area (Å²) in [6.45, 7) is 3.57. The second-order valence-electron chi connectivity index (χ2n) is 6.58. The standard InChI is InChI=1S/C21H23NO3S/c1-4-15-9-18-16(10-21(24)25-20(18)11-19(15)23)13-22(2)12-14-5-7-17(26-3)8-6-14/h5-11,23H,4,12-13H2,1-3H3/p+1. The molecule has 0 radical (unpaired) electrons. The van der Waals surface area contributed by atoms with E-state index in [4.69, 9.17) is 4.42 Å². The molecule has 0 amide bonds. The lowest BCUT2D eigenvalue weighted by Crippen LogP contribution is -3.06. The molecule has 0 bridgehead atoms. The van der Waals surface area contributed by atoms with Crippen LogP contribution in [0.25, 0.3) is 11.0 Å². The molecule has 5 heteroatoms. The minimum absolute atomic E-state index is 0.176. The van der Waals surface area contributed by atoms with E-state index in [1.807, 2.05) is 13.0 Å². The average Bonchev–Trinajstić information content (AvgIpc) is 2.61. The van der Waals surface area contributed by atoms with Crippen LogP contribution in [0, 0.1) is 0 Å². The third-order valence-corrected chi connectivity index (χ3v) is 5.31. The number of thioether (sulfide) groups is 1. The van der Waals surface area contributed by atoms with Crippen molar-refractivity contribution in [3.63, 3.8) is 0 Å². The molecule has 1 aromatic heterocycles. The molecule has 3 rings (SSSR count). The molecule has 0 fully saturated rings. The second-order valence-corrected chi connectivity index (χ2v) is 7.46. The zero-order valence-electron chi connectivity index (χ0n) is 15.3. The van der Waals surface area contributed by atoms with E-state index in [1.165, 1.54) is 15.4 Å². The van der Waals surface area contributed by atoms with Gasteiger partial charge in [0.15, 0.2) is 0 Å². The fourth-order valence-corrected chi connectivity index (χ4v) is 3.62. The molecule has 0 aliphatic rings. The van der Waals surface area contributed by atoms with Crippen LogP contribution in [0.3, 0.4) is 0 Å². The molecule has 2 N–H and O–H groups in total. The first kappa shape index (κ1) is 18.5. The summed E-state index contributed by atoms with van der Waals surface area (Å²) < 4.78 is 5.28. The van der Waals surface area contributed by atoms with E-state index >= 15 is 0 Å². The molecule has 136 valence electrons. The van der Waals surface area contributed by atoms with Crippen molar-refractivity contribution in [3.8, 4) is 5.75 Å². The molecule has 1 heterocycles. The van der Waals surface area contributed by atoms with E-state index in [-0.39, 0.29) is 11.4 Å². The number of rotatable bonds is 6. The van der Waals surface area contributed by atoms with E-state index < -0.39 is 0 Å². The highest BCUT2D eigenvalue weighted by molar-refractivity contribution is 7.98. The highest BCUT2D eigenvalue weighted by Gasteiger charge is 2.14. The van der Waals surface area contributed by atoms with Crippen LogP contribution in [0.5, 0.6) is 5.75 Å². The zero-order chi connectivity index (χ0) is 18.7. The summed E-state index contributed by atoms with van der Waals surface area (Å²) in [6.07, 6.45) is 2.80. The summed E-state index contributed by atoms with van der Waals surface area (Å²) in [5, 5.41) is 10.9. The Morgan fingerprint density at radius 3 is 2.46 bits per heavy atom. The van der Waals surface area contributed by atoms with Crippen molar-refractivity contribution in [1.29, 1.82) is 0 Å². The average molecular weight is 370 g/mol. The molecule has 0 aliphatic carbocycles. The van der Waals surface area contributed by atoms with Crippen molar-refractivity contribution < 1.29 is 14.4 Å². The SMILES string of the molecule is CCc1cc2c(C[NH+](C)Cc3ccc(SC)cc3)cc(=O)oc2cc1O. The Labute approximate surface area is 157 Å². The summed E-state index contributed by atoms with van der Waals surface area (Å²) in [7, 11) is 2.12. The third kappa shape index (κ3) is 4.11. The largest absolute Gasteiger partial charge is 0.508 e. The fourth-order valence-electron chi connectivity index (χ4n) is 3.22.